The molecule has 1 aromatic rings. The van der Waals surface area contributed by atoms with Crippen molar-refractivity contribution < 1.29 is 4.79 Å². The Bertz CT molecular complexity index is 377. The molecule has 1 aliphatic carbocycles. The van der Waals surface area contributed by atoms with Gasteiger partial charge in [0.2, 0.25) is 5.91 Å². The Kier molecular flexibility index (Phi) is 4.09. The Morgan fingerprint density at radius 3 is 2.75 bits per heavy atom. The number of carbonyl (C=O) groups excluding carboxylic acids is 1. The predicted molar refractivity (Wildman–Crippen MR) is 70.0 cm³/mol. The van der Waals surface area contributed by atoms with E-state index in [2.05, 4.69) is 37.9 Å². The number of hydrogen-bond acceptors (Lipinski definition) is 3. The van der Waals surface area contributed by atoms with Crippen molar-refractivity contribution in [2.24, 2.45) is 5.92 Å². The van der Waals surface area contributed by atoms with E-state index in [1.165, 1.54) is 25.6 Å². The number of hydrogen-bond donors (Lipinski definition) is 1. The highest BCUT2D eigenvalue weighted by Gasteiger charge is 2.21. The molecule has 2 rings (SSSR count). The third-order valence-electron chi connectivity index (χ3n) is 2.86. The quantitative estimate of drug-likeness (QED) is 0.669. The highest BCUT2D eigenvalue weighted by molar-refractivity contribution is 14.1. The molecule has 4 nitrogen and oxygen atoms in total. The maximum atomic E-state index is 11.9. The first-order valence-electron chi connectivity index (χ1n) is 5.54. The topological polar surface area (TPSA) is 54.9 Å². The van der Waals surface area contributed by atoms with Crippen LogP contribution in [0.1, 0.15) is 32.1 Å². The molecule has 0 aromatic carbocycles. The third-order valence-corrected chi connectivity index (χ3v) is 3.45. The van der Waals surface area contributed by atoms with Crippen molar-refractivity contribution in [1.82, 2.24) is 9.97 Å². The number of amides is 1. The summed E-state index contributed by atoms with van der Waals surface area (Å²) in [5, 5.41) is 2.86. The van der Waals surface area contributed by atoms with Crippen molar-refractivity contribution in [1.29, 1.82) is 0 Å². The van der Waals surface area contributed by atoms with Crippen LogP contribution in [0.15, 0.2) is 12.4 Å². The number of rotatable bonds is 2. The molecule has 0 unspecified atom stereocenters. The molecule has 1 amide bonds. The average molecular weight is 331 g/mol. The maximum absolute atomic E-state index is 11.9. The van der Waals surface area contributed by atoms with Gasteiger partial charge in [-0.05, 0) is 35.4 Å². The Morgan fingerprint density at radius 1 is 1.31 bits per heavy atom. The fraction of sp³-hybridized carbons (Fsp3) is 0.545. The Balaban J connectivity index is 1.96. The van der Waals surface area contributed by atoms with Gasteiger partial charge in [0.25, 0.3) is 0 Å². The number of halogens is 1. The lowest BCUT2D eigenvalue weighted by Crippen LogP contribution is -2.25. The molecule has 1 aliphatic rings. The second kappa shape index (κ2) is 5.56. The first kappa shape index (κ1) is 11.8. The monoisotopic (exact) mass is 331 g/mol. The van der Waals surface area contributed by atoms with Crippen LogP contribution in [0.3, 0.4) is 0 Å². The van der Waals surface area contributed by atoms with Gasteiger partial charge in [0.15, 0.2) is 0 Å². The lowest BCUT2D eigenvalue weighted by Gasteiger charge is -2.20. The Morgan fingerprint density at radius 2 is 2.06 bits per heavy atom. The smallest absolute Gasteiger partial charge is 0.228 e. The van der Waals surface area contributed by atoms with Gasteiger partial charge in [-0.3, -0.25) is 4.79 Å². The molecular weight excluding hydrogens is 317 g/mol. The number of nitrogens with one attached hydrogen (secondary N) is 1. The highest BCUT2D eigenvalue weighted by atomic mass is 127. The summed E-state index contributed by atoms with van der Waals surface area (Å²) in [7, 11) is 0. The molecule has 5 heteroatoms. The summed E-state index contributed by atoms with van der Waals surface area (Å²) < 4.78 is 0.839. The number of carbonyl (C=O) groups is 1. The maximum Gasteiger partial charge on any atom is 0.228 e. The molecule has 0 atom stereocenters. The van der Waals surface area contributed by atoms with Crippen molar-refractivity contribution in [3.05, 3.63) is 16.1 Å². The van der Waals surface area contributed by atoms with Gasteiger partial charge < -0.3 is 5.32 Å². The van der Waals surface area contributed by atoms with E-state index in [-0.39, 0.29) is 11.8 Å². The second-order valence-corrected chi connectivity index (χ2v) is 5.16. The molecule has 0 spiro atoms. The fourth-order valence-electron chi connectivity index (χ4n) is 2.00. The van der Waals surface area contributed by atoms with Crippen LogP contribution < -0.4 is 5.32 Å². The van der Waals surface area contributed by atoms with Crippen LogP contribution in [0, 0.1) is 9.62 Å². The van der Waals surface area contributed by atoms with Gasteiger partial charge in [0, 0.05) is 12.0 Å². The summed E-state index contributed by atoms with van der Waals surface area (Å²) >= 11 is 2.10. The molecule has 1 N–H and O–H groups in total. The van der Waals surface area contributed by atoms with E-state index in [4.69, 9.17) is 0 Å². The van der Waals surface area contributed by atoms with Crippen LogP contribution in [-0.2, 0) is 4.79 Å². The molecule has 0 aliphatic heterocycles. The summed E-state index contributed by atoms with van der Waals surface area (Å²) in [4.78, 5) is 19.9. The second-order valence-electron chi connectivity index (χ2n) is 4.05. The molecule has 1 fully saturated rings. The zero-order valence-corrected chi connectivity index (χ0v) is 11.1. The number of aromatic nitrogens is 2. The minimum absolute atomic E-state index is 0.106. The molecule has 1 heterocycles. The largest absolute Gasteiger partial charge is 0.310 e. The van der Waals surface area contributed by atoms with Gasteiger partial charge in [0.1, 0.15) is 15.8 Å². The van der Waals surface area contributed by atoms with Crippen LogP contribution in [0.25, 0.3) is 0 Å². The first-order valence-corrected chi connectivity index (χ1v) is 6.62. The van der Waals surface area contributed by atoms with E-state index in [1.54, 1.807) is 6.07 Å². The minimum atomic E-state index is 0.106. The van der Waals surface area contributed by atoms with Crippen LogP contribution in [0.4, 0.5) is 5.82 Å². The molecule has 0 bridgehead atoms. The van der Waals surface area contributed by atoms with Gasteiger partial charge in [0.05, 0.1) is 0 Å². The molecule has 1 aromatic heterocycles. The summed E-state index contributed by atoms with van der Waals surface area (Å²) in [5.41, 5.74) is 0. The third kappa shape index (κ3) is 3.13. The van der Waals surface area contributed by atoms with Gasteiger partial charge in [-0.1, -0.05) is 19.3 Å². The Hall–Kier alpha value is -0.720. The summed E-state index contributed by atoms with van der Waals surface area (Å²) in [6.07, 6.45) is 7.08. The van der Waals surface area contributed by atoms with Crippen LogP contribution in [0.5, 0.6) is 0 Å². The molecule has 1 saturated carbocycles. The van der Waals surface area contributed by atoms with E-state index in [9.17, 15) is 4.79 Å². The normalized spacial score (nSPS) is 17.1. The fourth-order valence-corrected chi connectivity index (χ4v) is 2.41. The summed E-state index contributed by atoms with van der Waals surface area (Å²) in [5.74, 6) is 0.880. The average Bonchev–Trinajstić information content (AvgIpc) is 2.30. The molecule has 86 valence electrons. The van der Waals surface area contributed by atoms with Crippen LogP contribution in [0.2, 0.25) is 0 Å². The molecule has 16 heavy (non-hydrogen) atoms. The van der Waals surface area contributed by atoms with Gasteiger partial charge in [-0.15, -0.1) is 0 Å². The van der Waals surface area contributed by atoms with E-state index >= 15 is 0 Å². The zero-order valence-electron chi connectivity index (χ0n) is 8.95. The van der Waals surface area contributed by atoms with Gasteiger partial charge >= 0.3 is 0 Å². The predicted octanol–water partition coefficient (Wildman–Crippen LogP) is 2.60. The van der Waals surface area contributed by atoms with E-state index in [0.29, 0.717) is 5.82 Å². The minimum Gasteiger partial charge on any atom is -0.310 e. The van der Waals surface area contributed by atoms with Gasteiger partial charge in [-0.25, -0.2) is 9.97 Å². The van der Waals surface area contributed by atoms with Crippen molar-refractivity contribution in [3.8, 4) is 0 Å². The van der Waals surface area contributed by atoms with E-state index in [0.717, 1.165) is 16.5 Å². The van der Waals surface area contributed by atoms with E-state index in [1.807, 2.05) is 0 Å². The summed E-state index contributed by atoms with van der Waals surface area (Å²) in [6.45, 7) is 0. The molecular formula is C11H14IN3O. The SMILES string of the molecule is O=C(Nc1cc(I)ncn1)C1CCCCC1. The molecule has 0 saturated heterocycles. The highest BCUT2D eigenvalue weighted by Crippen LogP contribution is 2.24. The molecule has 0 radical (unpaired) electrons. The van der Waals surface area contributed by atoms with Crippen molar-refractivity contribution in [2.75, 3.05) is 5.32 Å². The van der Waals surface area contributed by atoms with Crippen molar-refractivity contribution in [2.45, 2.75) is 32.1 Å². The van der Waals surface area contributed by atoms with Crippen LogP contribution >= 0.6 is 22.6 Å². The van der Waals surface area contributed by atoms with Crippen LogP contribution in [-0.4, -0.2) is 15.9 Å². The Labute approximate surface area is 108 Å². The standard InChI is InChI=1S/C11H14IN3O/c12-9-6-10(14-7-13-9)15-11(16)8-4-2-1-3-5-8/h6-8H,1-5H2,(H,13,14,15,16). The first-order chi connectivity index (χ1) is 7.75. The van der Waals surface area contributed by atoms with Crippen molar-refractivity contribution in [3.63, 3.8) is 0 Å². The summed E-state index contributed by atoms with van der Waals surface area (Å²) in [6, 6.07) is 1.78. The van der Waals surface area contributed by atoms with E-state index < -0.39 is 0 Å². The lowest BCUT2D eigenvalue weighted by atomic mass is 9.89. The number of nitrogens with zero attached hydrogens (tertiary/aromatic N) is 2. The zero-order chi connectivity index (χ0) is 11.4. The van der Waals surface area contributed by atoms with Crippen molar-refractivity contribution >= 4 is 34.3 Å². The number of anilines is 1. The van der Waals surface area contributed by atoms with Gasteiger partial charge in [-0.2, -0.15) is 0 Å². The lowest BCUT2D eigenvalue weighted by molar-refractivity contribution is -0.120.